The van der Waals surface area contributed by atoms with Crippen LogP contribution in [-0.4, -0.2) is 55.5 Å². The van der Waals surface area contributed by atoms with E-state index >= 15 is 0 Å². The lowest BCUT2D eigenvalue weighted by molar-refractivity contribution is 0.479. The molecule has 0 saturated carbocycles. The third-order valence-electron chi connectivity index (χ3n) is 2.37. The van der Waals surface area contributed by atoms with E-state index in [-0.39, 0.29) is 0 Å². The van der Waals surface area contributed by atoms with Gasteiger partial charge in [-0.1, -0.05) is 6.07 Å². The molecule has 4 heteroatoms. The first kappa shape index (κ1) is 13.5. The Bertz CT molecular complexity index is 373. The summed E-state index contributed by atoms with van der Waals surface area (Å²) in [6, 6.07) is 6.10. The minimum Gasteiger partial charge on any atom is -0.349 e. The van der Waals surface area contributed by atoms with Crippen LogP contribution in [0.3, 0.4) is 0 Å². The van der Waals surface area contributed by atoms with Crippen molar-refractivity contribution in [2.24, 2.45) is 4.99 Å². The fourth-order valence-corrected chi connectivity index (χ4v) is 1.69. The summed E-state index contributed by atoms with van der Waals surface area (Å²) in [4.78, 5) is 13.1. The molecule has 0 amide bonds. The minimum absolute atomic E-state index is 0.766. The molecule has 1 rings (SSSR count). The Hall–Kier alpha value is -1.58. The molecule has 4 nitrogen and oxygen atoms in total. The molecule has 1 aromatic heterocycles. The molecule has 1 aromatic rings. The van der Waals surface area contributed by atoms with Crippen molar-refractivity contribution < 1.29 is 0 Å². The molecule has 94 valence electrons. The van der Waals surface area contributed by atoms with Crippen LogP contribution < -0.4 is 0 Å². The van der Waals surface area contributed by atoms with E-state index in [2.05, 4.69) is 9.98 Å². The Labute approximate surface area is 104 Å². The summed E-state index contributed by atoms with van der Waals surface area (Å²) in [5.41, 5.74) is 2.16. The average molecular weight is 234 g/mol. The smallest absolute Gasteiger partial charge is 0.195 e. The molecule has 0 unspecified atom stereocenters. The third-order valence-corrected chi connectivity index (χ3v) is 2.37. The number of guanidine groups is 1. The number of aromatic nitrogens is 1. The largest absolute Gasteiger partial charge is 0.349 e. The Morgan fingerprint density at radius 1 is 1.18 bits per heavy atom. The van der Waals surface area contributed by atoms with Crippen molar-refractivity contribution in [2.75, 3.05) is 34.7 Å². The molecular weight excluding hydrogens is 212 g/mol. The van der Waals surface area contributed by atoms with Crippen molar-refractivity contribution in [2.45, 2.75) is 13.3 Å². The molecule has 0 spiro atoms. The maximum atomic E-state index is 4.58. The van der Waals surface area contributed by atoms with Gasteiger partial charge in [0, 0.05) is 52.5 Å². The molecule has 0 aliphatic rings. The Balaban J connectivity index is 2.59. The van der Waals surface area contributed by atoms with E-state index in [0.717, 1.165) is 30.3 Å². The molecule has 0 aliphatic carbocycles. The molecule has 0 N–H and O–H groups in total. The summed E-state index contributed by atoms with van der Waals surface area (Å²) in [6.45, 7) is 2.78. The first-order valence-corrected chi connectivity index (χ1v) is 5.82. The Morgan fingerprint density at radius 3 is 2.35 bits per heavy atom. The van der Waals surface area contributed by atoms with Crippen LogP contribution in [0.2, 0.25) is 0 Å². The van der Waals surface area contributed by atoms with Crippen LogP contribution in [0, 0.1) is 6.92 Å². The fourth-order valence-electron chi connectivity index (χ4n) is 1.69. The van der Waals surface area contributed by atoms with Crippen LogP contribution >= 0.6 is 0 Å². The molecule has 0 aliphatic heterocycles. The van der Waals surface area contributed by atoms with Crippen LogP contribution in [0.1, 0.15) is 11.4 Å². The van der Waals surface area contributed by atoms with Crippen LogP contribution in [-0.2, 0) is 6.42 Å². The van der Waals surface area contributed by atoms with Gasteiger partial charge in [-0.25, -0.2) is 0 Å². The lowest BCUT2D eigenvalue weighted by atomic mass is 10.2. The molecular formula is C13H22N4. The Morgan fingerprint density at radius 2 is 1.82 bits per heavy atom. The van der Waals surface area contributed by atoms with Gasteiger partial charge in [0.1, 0.15) is 0 Å². The molecule has 0 saturated heterocycles. The number of pyridine rings is 1. The van der Waals surface area contributed by atoms with Gasteiger partial charge < -0.3 is 9.80 Å². The zero-order valence-electron chi connectivity index (χ0n) is 11.4. The van der Waals surface area contributed by atoms with Crippen molar-refractivity contribution in [1.82, 2.24) is 14.8 Å². The zero-order chi connectivity index (χ0) is 12.8. The maximum Gasteiger partial charge on any atom is 0.195 e. The summed E-state index contributed by atoms with van der Waals surface area (Å²) in [6.07, 6.45) is 0.882. The summed E-state index contributed by atoms with van der Waals surface area (Å²) in [5, 5.41) is 0. The van der Waals surface area contributed by atoms with Gasteiger partial charge in [-0.15, -0.1) is 0 Å². The maximum absolute atomic E-state index is 4.58. The zero-order valence-corrected chi connectivity index (χ0v) is 11.4. The first-order valence-electron chi connectivity index (χ1n) is 5.82. The number of nitrogens with zero attached hydrogens (tertiary/aromatic N) is 4. The van der Waals surface area contributed by atoms with E-state index in [1.165, 1.54) is 0 Å². The van der Waals surface area contributed by atoms with Gasteiger partial charge >= 0.3 is 0 Å². The predicted molar refractivity (Wildman–Crippen MR) is 72.4 cm³/mol. The molecule has 0 radical (unpaired) electrons. The number of hydrogen-bond donors (Lipinski definition) is 0. The standard InChI is InChI=1S/C13H22N4/c1-11-7-6-8-12(15-11)9-10-14-13(16(2)3)17(4)5/h6-8H,9-10H2,1-5H3. The average Bonchev–Trinajstić information content (AvgIpc) is 2.23. The van der Waals surface area contributed by atoms with E-state index in [1.54, 1.807) is 0 Å². The van der Waals surface area contributed by atoms with Gasteiger partial charge in [0.25, 0.3) is 0 Å². The molecule has 0 bridgehead atoms. The van der Waals surface area contributed by atoms with E-state index in [4.69, 9.17) is 0 Å². The van der Waals surface area contributed by atoms with Crippen molar-refractivity contribution in [3.8, 4) is 0 Å². The second kappa shape index (κ2) is 6.23. The van der Waals surface area contributed by atoms with Crippen molar-refractivity contribution in [1.29, 1.82) is 0 Å². The van der Waals surface area contributed by atoms with E-state index < -0.39 is 0 Å². The SMILES string of the molecule is Cc1cccc(CCN=C(N(C)C)N(C)C)n1. The van der Waals surface area contributed by atoms with Gasteiger partial charge in [0.05, 0.1) is 0 Å². The van der Waals surface area contributed by atoms with Crippen molar-refractivity contribution in [3.63, 3.8) is 0 Å². The van der Waals surface area contributed by atoms with Gasteiger partial charge in [-0.3, -0.25) is 9.98 Å². The summed E-state index contributed by atoms with van der Waals surface area (Å²) < 4.78 is 0. The highest BCUT2D eigenvalue weighted by Gasteiger charge is 2.03. The highest BCUT2D eigenvalue weighted by molar-refractivity contribution is 5.79. The Kier molecular flexibility index (Phi) is 4.94. The highest BCUT2D eigenvalue weighted by atomic mass is 15.3. The number of rotatable bonds is 3. The summed E-state index contributed by atoms with van der Waals surface area (Å²) in [5.74, 6) is 0.984. The third kappa shape index (κ3) is 4.43. The summed E-state index contributed by atoms with van der Waals surface area (Å²) >= 11 is 0. The minimum atomic E-state index is 0.766. The van der Waals surface area contributed by atoms with Crippen LogP contribution in [0.25, 0.3) is 0 Å². The fraction of sp³-hybridized carbons (Fsp3) is 0.538. The quantitative estimate of drug-likeness (QED) is 0.585. The predicted octanol–water partition coefficient (Wildman–Crippen LogP) is 1.41. The number of aliphatic imine (C=N–C) groups is 1. The molecule has 17 heavy (non-hydrogen) atoms. The molecule has 0 atom stereocenters. The molecule has 0 fully saturated rings. The van der Waals surface area contributed by atoms with Crippen LogP contribution in [0.5, 0.6) is 0 Å². The van der Waals surface area contributed by atoms with E-state index in [9.17, 15) is 0 Å². The molecule has 0 aromatic carbocycles. The summed E-state index contributed by atoms with van der Waals surface area (Å²) in [7, 11) is 8.01. The van der Waals surface area contributed by atoms with Crippen LogP contribution in [0.15, 0.2) is 23.2 Å². The number of aryl methyl sites for hydroxylation is 1. The lowest BCUT2D eigenvalue weighted by Crippen LogP contribution is -2.35. The second-order valence-electron chi connectivity index (χ2n) is 4.49. The van der Waals surface area contributed by atoms with Gasteiger partial charge in [-0.2, -0.15) is 0 Å². The number of hydrogen-bond acceptors (Lipinski definition) is 2. The van der Waals surface area contributed by atoms with Gasteiger partial charge in [0.15, 0.2) is 5.96 Å². The highest BCUT2D eigenvalue weighted by Crippen LogP contribution is 2.00. The normalized spacial score (nSPS) is 9.94. The van der Waals surface area contributed by atoms with E-state index in [0.29, 0.717) is 0 Å². The monoisotopic (exact) mass is 234 g/mol. The topological polar surface area (TPSA) is 31.7 Å². The lowest BCUT2D eigenvalue weighted by Gasteiger charge is -2.22. The first-order chi connectivity index (χ1) is 8.00. The van der Waals surface area contributed by atoms with Gasteiger partial charge in [0.2, 0.25) is 0 Å². The van der Waals surface area contributed by atoms with Crippen LogP contribution in [0.4, 0.5) is 0 Å². The van der Waals surface area contributed by atoms with E-state index in [1.807, 2.05) is 63.1 Å². The van der Waals surface area contributed by atoms with Crippen molar-refractivity contribution >= 4 is 5.96 Å². The van der Waals surface area contributed by atoms with Crippen molar-refractivity contribution in [3.05, 3.63) is 29.6 Å². The van der Waals surface area contributed by atoms with Gasteiger partial charge in [-0.05, 0) is 19.1 Å². The molecule has 1 heterocycles. The second-order valence-corrected chi connectivity index (χ2v) is 4.49.